The maximum Gasteiger partial charge on any atom is 0.199 e. The summed E-state index contributed by atoms with van der Waals surface area (Å²) in [4.78, 5) is 2.46. The summed E-state index contributed by atoms with van der Waals surface area (Å²) in [5, 5.41) is 34.0. The Morgan fingerprint density at radius 1 is 1.69 bits per heavy atom. The van der Waals surface area contributed by atoms with Crippen LogP contribution in [-0.4, -0.2) is 53.2 Å². The number of hydrogen-bond donors (Lipinski definition) is 3. The third-order valence-electron chi connectivity index (χ3n) is 2.53. The van der Waals surface area contributed by atoms with E-state index < -0.39 is 30.0 Å². The molecule has 0 spiro atoms. The predicted octanol–water partition coefficient (Wildman–Crippen LogP) is -1.73. The number of azide groups is 1. The molecule has 0 bridgehead atoms. The number of ether oxygens (including phenoxy) is 1. The quantitative estimate of drug-likeness (QED) is 0.176. The lowest BCUT2D eigenvalue weighted by molar-refractivity contribution is -0.0976. The lowest BCUT2D eigenvalue weighted by atomic mass is 9.80. The van der Waals surface area contributed by atoms with Crippen LogP contribution in [0.15, 0.2) is 5.11 Å². The second kappa shape index (κ2) is 4.51. The van der Waals surface area contributed by atoms with Crippen molar-refractivity contribution in [2.75, 3.05) is 6.61 Å². The Kier molecular flexibility index (Phi) is 3.70. The van der Waals surface area contributed by atoms with E-state index in [-0.39, 0.29) is 0 Å². The first-order chi connectivity index (χ1) is 7.46. The fraction of sp³-hybridized carbons (Fsp3) is 0.714. The normalized spacial score (nSPS) is 42.0. The van der Waals surface area contributed by atoms with Crippen molar-refractivity contribution in [3.8, 4) is 11.3 Å². The minimum absolute atomic E-state index is 0.783. The molecule has 0 aromatic carbocycles. The molecule has 0 amide bonds. The summed E-state index contributed by atoms with van der Waals surface area (Å²) < 4.78 is 5.09. The zero-order valence-electron chi connectivity index (χ0n) is 8.33. The van der Waals surface area contributed by atoms with Crippen LogP contribution in [0.3, 0.4) is 0 Å². The average Bonchev–Trinajstić information content (AvgIpc) is 2.43. The third-order valence-corrected chi connectivity index (χ3v) is 2.63. The van der Waals surface area contributed by atoms with Crippen LogP contribution >= 0.6 is 11.6 Å². The van der Waals surface area contributed by atoms with Crippen LogP contribution in [0.4, 0.5) is 0 Å². The number of halogens is 1. The van der Waals surface area contributed by atoms with Gasteiger partial charge in [-0.1, -0.05) is 5.11 Å². The van der Waals surface area contributed by atoms with Crippen LogP contribution in [0.25, 0.3) is 10.4 Å². The Balaban J connectivity index is 3.22. The number of rotatable bonds is 2. The van der Waals surface area contributed by atoms with E-state index in [4.69, 9.17) is 27.0 Å². The van der Waals surface area contributed by atoms with Crippen molar-refractivity contribution >= 4 is 19.4 Å². The molecule has 0 radical (unpaired) electrons. The zero-order valence-corrected chi connectivity index (χ0v) is 9.09. The number of aliphatic hydroxyl groups is 3. The summed E-state index contributed by atoms with van der Waals surface area (Å²) in [6.45, 7) is -0.783. The van der Waals surface area contributed by atoms with Crippen molar-refractivity contribution in [1.82, 2.24) is 0 Å². The van der Waals surface area contributed by atoms with Crippen LogP contribution < -0.4 is 0 Å². The van der Waals surface area contributed by atoms with Gasteiger partial charge in [0.05, 0.1) is 12.6 Å². The first kappa shape index (κ1) is 13.1. The number of aliphatic hydroxyl groups excluding tert-OH is 2. The van der Waals surface area contributed by atoms with Crippen LogP contribution in [-0.2, 0) is 4.74 Å². The lowest BCUT2D eigenvalue weighted by Gasteiger charge is -2.27. The van der Waals surface area contributed by atoms with Gasteiger partial charge in [0.25, 0.3) is 0 Å². The van der Waals surface area contributed by atoms with E-state index in [1.165, 1.54) is 7.85 Å². The minimum Gasteiger partial charge on any atom is -0.393 e. The largest absolute Gasteiger partial charge is 0.393 e. The first-order valence-electron chi connectivity index (χ1n) is 4.35. The molecule has 1 unspecified atom stereocenters. The topological polar surface area (TPSA) is 119 Å². The fourth-order valence-electron chi connectivity index (χ4n) is 1.58. The molecular weight excluding hydrogens is 236 g/mol. The zero-order chi connectivity index (χ0) is 12.4. The Labute approximate surface area is 97.0 Å². The summed E-state index contributed by atoms with van der Waals surface area (Å²) in [5.41, 5.74) is 4.41. The molecule has 0 aromatic heterocycles. The van der Waals surface area contributed by atoms with E-state index in [1.54, 1.807) is 0 Å². The number of hydrogen-bond acceptors (Lipinski definition) is 5. The Morgan fingerprint density at radius 2 is 2.31 bits per heavy atom. The molecule has 3 N–H and O–H groups in total. The molecule has 9 heteroatoms. The van der Waals surface area contributed by atoms with Crippen molar-refractivity contribution in [2.24, 2.45) is 5.11 Å². The van der Waals surface area contributed by atoms with Crippen molar-refractivity contribution < 1.29 is 20.1 Å². The highest BCUT2D eigenvalue weighted by Crippen LogP contribution is 2.38. The lowest BCUT2D eigenvalue weighted by Crippen LogP contribution is -2.51. The molecule has 0 aliphatic carbocycles. The summed E-state index contributed by atoms with van der Waals surface area (Å²) >= 11 is 5.16. The van der Waals surface area contributed by atoms with Gasteiger partial charge in [-0.15, -0.1) is 0 Å². The van der Waals surface area contributed by atoms with Crippen LogP contribution in [0, 0.1) is 11.3 Å². The molecule has 1 saturated heterocycles. The molecule has 1 fully saturated rings. The van der Waals surface area contributed by atoms with Crippen LogP contribution in [0.1, 0.15) is 0 Å². The molecule has 0 saturated carbocycles. The Bertz CT molecular complexity index is 393. The summed E-state index contributed by atoms with van der Waals surface area (Å²) in [5.74, 6) is 2.17. The van der Waals surface area contributed by atoms with Gasteiger partial charge in [-0.2, -0.15) is 0 Å². The molecule has 1 aliphatic heterocycles. The predicted molar refractivity (Wildman–Crippen MR) is 57.0 cm³/mol. The van der Waals surface area contributed by atoms with E-state index in [0.717, 1.165) is 0 Å². The van der Waals surface area contributed by atoms with Crippen molar-refractivity contribution in [3.05, 3.63) is 10.4 Å². The molecule has 86 valence electrons. The second-order valence-corrected chi connectivity index (χ2v) is 3.59. The van der Waals surface area contributed by atoms with Gasteiger partial charge in [0, 0.05) is 10.3 Å². The summed E-state index contributed by atoms with van der Waals surface area (Å²) in [6.07, 6.45) is -1.69. The van der Waals surface area contributed by atoms with Gasteiger partial charge in [0.1, 0.15) is 14.0 Å². The van der Waals surface area contributed by atoms with E-state index >= 15 is 0 Å². The first-order valence-corrected chi connectivity index (χ1v) is 4.73. The monoisotopic (exact) mass is 245 g/mol. The smallest absolute Gasteiger partial charge is 0.199 e. The maximum atomic E-state index is 9.99. The molecule has 4 atom stereocenters. The average molecular weight is 245 g/mol. The van der Waals surface area contributed by atoms with Crippen molar-refractivity contribution in [2.45, 2.75) is 23.4 Å². The minimum atomic E-state index is -1.99. The molecule has 1 heterocycles. The van der Waals surface area contributed by atoms with Gasteiger partial charge in [0.15, 0.2) is 11.3 Å². The van der Waals surface area contributed by atoms with E-state index in [0.29, 0.717) is 0 Å². The van der Waals surface area contributed by atoms with E-state index in [1.807, 2.05) is 5.38 Å². The van der Waals surface area contributed by atoms with Gasteiger partial charge >= 0.3 is 0 Å². The van der Waals surface area contributed by atoms with E-state index in [9.17, 15) is 10.2 Å². The third kappa shape index (κ3) is 1.74. The SMILES string of the molecule is B[C@@H]1O[C@@](CO)(N=[N+]=[N-])C(O)[C@]1(O)C#CCl. The highest BCUT2D eigenvalue weighted by atomic mass is 35.5. The molecule has 0 aromatic rings. The molecule has 7 nitrogen and oxygen atoms in total. The molecule has 1 rings (SSSR count). The molecule has 1 aliphatic rings. The maximum absolute atomic E-state index is 9.99. The van der Waals surface area contributed by atoms with Crippen LogP contribution in [0.2, 0.25) is 0 Å². The van der Waals surface area contributed by atoms with Gasteiger partial charge in [-0.25, -0.2) is 0 Å². The van der Waals surface area contributed by atoms with Gasteiger partial charge in [-0.3, -0.25) is 0 Å². The standard InChI is InChI=1S/C7H9BClN3O4/c8-5-6(15,1-2-9)4(14)7(3-13,16-5)11-12-10/h4-5,13-15H,3,8H2/t4?,5-,6-,7-/m1/s1. The van der Waals surface area contributed by atoms with Crippen molar-refractivity contribution in [3.63, 3.8) is 0 Å². The highest BCUT2D eigenvalue weighted by molar-refractivity contribution is 6.30. The van der Waals surface area contributed by atoms with E-state index in [2.05, 4.69) is 15.9 Å². The Hall–Kier alpha value is -0.935. The summed E-state index contributed by atoms with van der Waals surface area (Å²) in [7, 11) is 1.41. The van der Waals surface area contributed by atoms with Gasteiger partial charge in [0.2, 0.25) is 0 Å². The highest BCUT2D eigenvalue weighted by Gasteiger charge is 2.60. The van der Waals surface area contributed by atoms with Crippen molar-refractivity contribution in [1.29, 1.82) is 0 Å². The van der Waals surface area contributed by atoms with Crippen LogP contribution in [0.5, 0.6) is 0 Å². The molecular formula is C7H9BClN3O4. The summed E-state index contributed by atoms with van der Waals surface area (Å²) in [6, 6.07) is -0.966. The Morgan fingerprint density at radius 3 is 2.75 bits per heavy atom. The van der Waals surface area contributed by atoms with Gasteiger partial charge < -0.3 is 20.1 Å². The van der Waals surface area contributed by atoms with Gasteiger partial charge in [-0.05, 0) is 23.1 Å². The number of nitrogens with zero attached hydrogens (tertiary/aromatic N) is 3. The fourth-order valence-corrected chi connectivity index (χ4v) is 1.73. The second-order valence-electron chi connectivity index (χ2n) is 3.40. The molecule has 16 heavy (non-hydrogen) atoms.